The van der Waals surface area contributed by atoms with E-state index in [9.17, 15) is 15.2 Å². The number of anilines is 1. The molecule has 0 fully saturated rings. The molecule has 1 heterocycles. The van der Waals surface area contributed by atoms with Crippen LogP contribution < -0.4 is 5.32 Å². The molecule has 1 unspecified atom stereocenters. The maximum absolute atomic E-state index is 10.9. The summed E-state index contributed by atoms with van der Waals surface area (Å²) in [6.45, 7) is 1.89. The molecule has 5 nitrogen and oxygen atoms in total. The monoisotopic (exact) mass is 298 g/mol. The van der Waals surface area contributed by atoms with Crippen LogP contribution >= 0.6 is 22.9 Å². The fourth-order valence-corrected chi connectivity index (χ4v) is 2.72. The summed E-state index contributed by atoms with van der Waals surface area (Å²) in [5, 5.41) is 23.3. The van der Waals surface area contributed by atoms with Gasteiger partial charge >= 0.3 is 0 Å². The Morgan fingerprint density at radius 2 is 2.16 bits per heavy atom. The van der Waals surface area contributed by atoms with Gasteiger partial charge in [0.2, 0.25) is 0 Å². The first-order valence-electron chi connectivity index (χ1n) is 5.46. The predicted octanol–water partition coefficient (Wildman–Crippen LogP) is 4.19. The molecule has 0 radical (unpaired) electrons. The first-order valence-corrected chi connectivity index (χ1v) is 6.66. The molecule has 100 valence electrons. The highest BCUT2D eigenvalue weighted by Gasteiger charge is 2.17. The number of phenols is 1. The second kappa shape index (κ2) is 5.46. The number of benzene rings is 1. The van der Waals surface area contributed by atoms with E-state index in [-0.39, 0.29) is 17.5 Å². The molecule has 0 aliphatic carbocycles. The maximum Gasteiger partial charge on any atom is 0.296 e. The number of hydrogen-bond donors (Lipinski definition) is 2. The highest BCUT2D eigenvalue weighted by molar-refractivity contribution is 7.16. The van der Waals surface area contributed by atoms with E-state index in [0.29, 0.717) is 10.0 Å². The number of nitrogens with one attached hydrogen (secondary N) is 1. The van der Waals surface area contributed by atoms with Crippen LogP contribution in [0.25, 0.3) is 0 Å². The van der Waals surface area contributed by atoms with E-state index in [0.717, 1.165) is 10.9 Å². The van der Waals surface area contributed by atoms with E-state index in [2.05, 4.69) is 5.32 Å². The normalized spacial score (nSPS) is 12.1. The van der Waals surface area contributed by atoms with Gasteiger partial charge in [-0.25, -0.2) is 0 Å². The van der Waals surface area contributed by atoms with Gasteiger partial charge in [-0.05, 0) is 31.2 Å². The smallest absolute Gasteiger partial charge is 0.296 e. The van der Waals surface area contributed by atoms with Crippen molar-refractivity contribution in [2.45, 2.75) is 13.0 Å². The van der Waals surface area contributed by atoms with Gasteiger partial charge in [0.15, 0.2) is 0 Å². The zero-order valence-corrected chi connectivity index (χ0v) is 11.5. The van der Waals surface area contributed by atoms with Crippen LogP contribution in [0, 0.1) is 10.1 Å². The molecule has 2 aromatic rings. The van der Waals surface area contributed by atoms with Crippen LogP contribution in [0.2, 0.25) is 4.34 Å². The number of rotatable bonds is 4. The van der Waals surface area contributed by atoms with Gasteiger partial charge in [0.05, 0.1) is 21.4 Å². The van der Waals surface area contributed by atoms with Gasteiger partial charge in [-0.3, -0.25) is 10.1 Å². The Labute approximate surface area is 118 Å². The number of nitro benzene ring substituents is 1. The van der Waals surface area contributed by atoms with Gasteiger partial charge in [-0.1, -0.05) is 11.6 Å². The lowest BCUT2D eigenvalue weighted by Crippen LogP contribution is -2.06. The largest absolute Gasteiger partial charge is 0.508 e. The average molecular weight is 299 g/mol. The molecule has 1 atom stereocenters. The number of hydrogen-bond acceptors (Lipinski definition) is 5. The summed E-state index contributed by atoms with van der Waals surface area (Å²) < 4.78 is 0.670. The third kappa shape index (κ3) is 3.15. The summed E-state index contributed by atoms with van der Waals surface area (Å²) >= 11 is 7.28. The molecular formula is C12H11ClN2O3S. The zero-order valence-electron chi connectivity index (χ0n) is 9.96. The van der Waals surface area contributed by atoms with Crippen molar-refractivity contribution in [2.24, 2.45) is 0 Å². The lowest BCUT2D eigenvalue weighted by Gasteiger charge is -2.13. The zero-order chi connectivity index (χ0) is 14.0. The molecule has 0 saturated heterocycles. The van der Waals surface area contributed by atoms with E-state index in [1.54, 1.807) is 6.07 Å². The quantitative estimate of drug-likeness (QED) is 0.504. The summed E-state index contributed by atoms with van der Waals surface area (Å²) in [7, 11) is 0. The van der Waals surface area contributed by atoms with Gasteiger partial charge in [0.25, 0.3) is 5.69 Å². The Hall–Kier alpha value is -1.79. The molecular weight excluding hydrogens is 288 g/mol. The Bertz CT molecular complexity index is 615. The number of nitro groups is 1. The summed E-state index contributed by atoms with van der Waals surface area (Å²) in [5.41, 5.74) is 0.203. The van der Waals surface area contributed by atoms with Crippen LogP contribution in [0.15, 0.2) is 30.3 Å². The first-order chi connectivity index (χ1) is 8.97. The number of phenolic OH excluding ortho intramolecular Hbond substituents is 1. The van der Waals surface area contributed by atoms with E-state index in [1.807, 2.05) is 13.0 Å². The summed E-state index contributed by atoms with van der Waals surface area (Å²) in [6.07, 6.45) is 0. The standard InChI is InChI=1S/C12H11ClN2O3S/c1-7(11-4-5-12(13)19-11)14-9-3-2-8(16)6-10(9)15(17)18/h2-7,14,16H,1H3. The highest BCUT2D eigenvalue weighted by atomic mass is 35.5. The number of aromatic hydroxyl groups is 1. The van der Waals surface area contributed by atoms with E-state index >= 15 is 0 Å². The average Bonchev–Trinajstić information content (AvgIpc) is 2.78. The molecule has 1 aromatic carbocycles. The van der Waals surface area contributed by atoms with Crippen molar-refractivity contribution in [3.05, 3.63) is 49.7 Å². The van der Waals surface area contributed by atoms with Crippen LogP contribution in [0.4, 0.5) is 11.4 Å². The molecule has 0 aliphatic heterocycles. The summed E-state index contributed by atoms with van der Waals surface area (Å²) in [5.74, 6) is -0.135. The van der Waals surface area contributed by atoms with Crippen molar-refractivity contribution in [3.63, 3.8) is 0 Å². The summed E-state index contributed by atoms with van der Waals surface area (Å²) in [6, 6.07) is 7.56. The maximum atomic E-state index is 10.9. The van der Waals surface area contributed by atoms with Crippen LogP contribution in [0.5, 0.6) is 5.75 Å². The van der Waals surface area contributed by atoms with Crippen molar-refractivity contribution >= 4 is 34.3 Å². The van der Waals surface area contributed by atoms with E-state index in [1.165, 1.54) is 23.5 Å². The van der Waals surface area contributed by atoms with E-state index < -0.39 is 4.92 Å². The van der Waals surface area contributed by atoms with Crippen molar-refractivity contribution < 1.29 is 10.0 Å². The topological polar surface area (TPSA) is 75.4 Å². The third-order valence-corrected chi connectivity index (χ3v) is 3.98. The number of nitrogens with zero attached hydrogens (tertiary/aromatic N) is 1. The Morgan fingerprint density at radius 3 is 2.74 bits per heavy atom. The Kier molecular flexibility index (Phi) is 3.92. The van der Waals surface area contributed by atoms with Crippen LogP contribution in [0.1, 0.15) is 17.8 Å². The van der Waals surface area contributed by atoms with Gasteiger partial charge in [-0.2, -0.15) is 0 Å². The lowest BCUT2D eigenvalue weighted by molar-refractivity contribution is -0.384. The Morgan fingerprint density at radius 1 is 1.42 bits per heavy atom. The molecule has 0 saturated carbocycles. The van der Waals surface area contributed by atoms with Crippen LogP contribution in [0.3, 0.4) is 0 Å². The van der Waals surface area contributed by atoms with Crippen molar-refractivity contribution in [1.29, 1.82) is 0 Å². The minimum Gasteiger partial charge on any atom is -0.508 e. The number of halogens is 1. The molecule has 0 amide bonds. The molecule has 1 aromatic heterocycles. The fraction of sp³-hybridized carbons (Fsp3) is 0.167. The SMILES string of the molecule is CC(Nc1ccc(O)cc1[N+](=O)[O-])c1ccc(Cl)s1. The first kappa shape index (κ1) is 13.6. The van der Waals surface area contributed by atoms with Crippen LogP contribution in [-0.4, -0.2) is 10.0 Å². The minimum absolute atomic E-state index is 0.110. The molecule has 2 N–H and O–H groups in total. The fourth-order valence-electron chi connectivity index (χ4n) is 1.66. The molecule has 2 rings (SSSR count). The predicted molar refractivity (Wildman–Crippen MR) is 76.1 cm³/mol. The van der Waals surface area contributed by atoms with Gasteiger partial charge < -0.3 is 10.4 Å². The lowest BCUT2D eigenvalue weighted by atomic mass is 10.2. The molecule has 0 aliphatic rings. The molecule has 0 bridgehead atoms. The van der Waals surface area contributed by atoms with Gasteiger partial charge in [0.1, 0.15) is 11.4 Å². The second-order valence-electron chi connectivity index (χ2n) is 3.97. The third-order valence-electron chi connectivity index (χ3n) is 2.57. The number of thiophene rings is 1. The van der Waals surface area contributed by atoms with Gasteiger partial charge in [-0.15, -0.1) is 11.3 Å². The second-order valence-corrected chi connectivity index (χ2v) is 5.71. The highest BCUT2D eigenvalue weighted by Crippen LogP contribution is 2.33. The summed E-state index contributed by atoms with van der Waals surface area (Å²) in [4.78, 5) is 11.4. The van der Waals surface area contributed by atoms with Crippen molar-refractivity contribution in [2.75, 3.05) is 5.32 Å². The van der Waals surface area contributed by atoms with Crippen molar-refractivity contribution in [1.82, 2.24) is 0 Å². The molecule has 0 spiro atoms. The molecule has 7 heteroatoms. The van der Waals surface area contributed by atoms with Crippen LogP contribution in [-0.2, 0) is 0 Å². The van der Waals surface area contributed by atoms with Crippen molar-refractivity contribution in [3.8, 4) is 5.75 Å². The Balaban J connectivity index is 2.26. The minimum atomic E-state index is -0.532. The van der Waals surface area contributed by atoms with E-state index in [4.69, 9.17) is 11.6 Å². The van der Waals surface area contributed by atoms with Gasteiger partial charge in [0, 0.05) is 4.88 Å². The molecule has 19 heavy (non-hydrogen) atoms.